The summed E-state index contributed by atoms with van der Waals surface area (Å²) in [6.45, 7) is 4.71. The quantitative estimate of drug-likeness (QED) is 0.295. The Labute approximate surface area is 203 Å². The number of aromatic nitrogens is 4. The van der Waals surface area contributed by atoms with Crippen molar-refractivity contribution < 1.29 is 9.21 Å². The van der Waals surface area contributed by atoms with Crippen molar-refractivity contribution in [2.45, 2.75) is 24.8 Å². The van der Waals surface area contributed by atoms with Crippen LogP contribution in [0.3, 0.4) is 0 Å². The first-order valence-electron chi connectivity index (χ1n) is 9.72. The molecule has 0 unspecified atom stereocenters. The van der Waals surface area contributed by atoms with Gasteiger partial charge in [0.1, 0.15) is 10.7 Å². The topological polar surface area (TPSA) is 85.8 Å². The molecule has 3 heterocycles. The van der Waals surface area contributed by atoms with Gasteiger partial charge in [-0.05, 0) is 36.2 Å². The molecule has 0 fully saturated rings. The fourth-order valence-electron chi connectivity index (χ4n) is 2.78. The molecule has 11 heteroatoms. The van der Waals surface area contributed by atoms with E-state index in [0.717, 1.165) is 10.7 Å². The van der Waals surface area contributed by atoms with Gasteiger partial charge in [-0.15, -0.1) is 21.5 Å². The molecule has 0 aliphatic rings. The minimum Gasteiger partial charge on any atom is -0.461 e. The van der Waals surface area contributed by atoms with Crippen molar-refractivity contribution in [3.05, 3.63) is 62.7 Å². The Bertz CT molecular complexity index is 1220. The second-order valence-corrected chi connectivity index (χ2v) is 9.94. The van der Waals surface area contributed by atoms with Crippen LogP contribution in [0.4, 0.5) is 0 Å². The van der Waals surface area contributed by atoms with Crippen molar-refractivity contribution in [3.63, 3.8) is 0 Å². The summed E-state index contributed by atoms with van der Waals surface area (Å²) in [4.78, 5) is 16.7. The molecule has 0 saturated carbocycles. The maximum absolute atomic E-state index is 12.2. The molecule has 0 bridgehead atoms. The van der Waals surface area contributed by atoms with E-state index in [9.17, 15) is 4.79 Å². The normalized spacial score (nSPS) is 11.3. The van der Waals surface area contributed by atoms with Crippen LogP contribution in [0.25, 0.3) is 17.3 Å². The van der Waals surface area contributed by atoms with Crippen LogP contribution < -0.4 is 5.32 Å². The molecule has 0 atom stereocenters. The van der Waals surface area contributed by atoms with Gasteiger partial charge in [0.05, 0.1) is 27.7 Å². The summed E-state index contributed by atoms with van der Waals surface area (Å²) in [5.41, 5.74) is 1.18. The van der Waals surface area contributed by atoms with E-state index in [0.29, 0.717) is 50.7 Å². The van der Waals surface area contributed by atoms with Gasteiger partial charge in [-0.3, -0.25) is 9.36 Å². The number of furan rings is 1. The third-order valence-corrected chi connectivity index (χ3v) is 7.03. The number of amides is 1. The number of thioether (sulfide) groups is 1. The zero-order chi connectivity index (χ0) is 22.7. The summed E-state index contributed by atoms with van der Waals surface area (Å²) in [7, 11) is 0. The van der Waals surface area contributed by atoms with Crippen LogP contribution in [-0.4, -0.2) is 32.2 Å². The van der Waals surface area contributed by atoms with Crippen molar-refractivity contribution in [1.82, 2.24) is 25.1 Å². The van der Waals surface area contributed by atoms with Gasteiger partial charge in [-0.1, -0.05) is 48.8 Å². The number of carbonyl (C=O) groups excluding carboxylic acids is 1. The highest BCUT2D eigenvalue weighted by Gasteiger charge is 2.20. The molecule has 0 radical (unpaired) electrons. The highest BCUT2D eigenvalue weighted by Crippen LogP contribution is 2.33. The molecule has 166 valence electrons. The molecule has 1 amide bonds. The number of nitrogens with one attached hydrogen (secondary N) is 1. The molecule has 0 aliphatic carbocycles. The van der Waals surface area contributed by atoms with Gasteiger partial charge in [0, 0.05) is 11.9 Å². The first-order chi connectivity index (χ1) is 15.4. The van der Waals surface area contributed by atoms with Crippen molar-refractivity contribution in [2.24, 2.45) is 5.92 Å². The van der Waals surface area contributed by atoms with E-state index in [4.69, 9.17) is 27.6 Å². The highest BCUT2D eigenvalue weighted by atomic mass is 35.5. The minimum absolute atomic E-state index is 0.162. The van der Waals surface area contributed by atoms with Crippen molar-refractivity contribution in [3.8, 4) is 17.3 Å². The lowest BCUT2D eigenvalue weighted by Gasteiger charge is -2.10. The fraction of sp³-hybridized carbons (Fsp3) is 0.238. The molecular weight excluding hydrogens is 489 g/mol. The summed E-state index contributed by atoms with van der Waals surface area (Å²) in [5.74, 6) is 1.87. The Morgan fingerprint density at radius 3 is 2.81 bits per heavy atom. The molecule has 1 aromatic carbocycles. The van der Waals surface area contributed by atoms with Crippen LogP contribution in [0, 0.1) is 5.92 Å². The van der Waals surface area contributed by atoms with Gasteiger partial charge in [-0.25, -0.2) is 4.98 Å². The van der Waals surface area contributed by atoms with E-state index in [2.05, 4.69) is 20.5 Å². The first kappa shape index (κ1) is 22.8. The van der Waals surface area contributed by atoms with Crippen molar-refractivity contribution in [2.75, 3.05) is 6.54 Å². The summed E-state index contributed by atoms with van der Waals surface area (Å²) < 4.78 is 7.39. The molecule has 7 nitrogen and oxygen atoms in total. The van der Waals surface area contributed by atoms with Gasteiger partial charge < -0.3 is 9.73 Å². The zero-order valence-corrected chi connectivity index (χ0v) is 20.4. The smallest absolute Gasteiger partial charge is 0.270 e. The van der Waals surface area contributed by atoms with Crippen LogP contribution in [0.1, 0.15) is 29.3 Å². The lowest BCUT2D eigenvalue weighted by atomic mass is 10.2. The fourth-order valence-corrected chi connectivity index (χ4v) is 4.82. The SMILES string of the molecule is CC(C)CNC(=O)c1csc(CSc2nnc(-c3ccco3)n2-c2ccc(Cl)c(Cl)c2)n1. The lowest BCUT2D eigenvalue weighted by Crippen LogP contribution is -2.27. The van der Waals surface area contributed by atoms with Crippen molar-refractivity contribution in [1.29, 1.82) is 0 Å². The van der Waals surface area contributed by atoms with Gasteiger partial charge in [0.25, 0.3) is 5.91 Å². The lowest BCUT2D eigenvalue weighted by molar-refractivity contribution is 0.0944. The van der Waals surface area contributed by atoms with Crippen molar-refractivity contribution >= 4 is 52.2 Å². The van der Waals surface area contributed by atoms with Gasteiger partial charge in [0.15, 0.2) is 10.9 Å². The van der Waals surface area contributed by atoms with E-state index in [1.54, 1.807) is 29.8 Å². The third kappa shape index (κ3) is 5.17. The Kier molecular flexibility index (Phi) is 7.20. The zero-order valence-electron chi connectivity index (χ0n) is 17.2. The second kappa shape index (κ2) is 10.1. The molecule has 1 N–H and O–H groups in total. The predicted molar refractivity (Wildman–Crippen MR) is 128 cm³/mol. The average Bonchev–Trinajstić information content (AvgIpc) is 3.52. The number of hydrogen-bond acceptors (Lipinski definition) is 7. The number of thiazole rings is 1. The number of halogens is 2. The van der Waals surface area contributed by atoms with Gasteiger partial charge >= 0.3 is 0 Å². The third-order valence-electron chi connectivity index (χ3n) is 4.32. The molecule has 0 aliphatic heterocycles. The first-order valence-corrected chi connectivity index (χ1v) is 12.3. The Hall–Kier alpha value is -2.33. The number of nitrogens with zero attached hydrogens (tertiary/aromatic N) is 4. The van der Waals surface area contributed by atoms with Crippen LogP contribution in [0.5, 0.6) is 0 Å². The molecule has 4 rings (SSSR count). The second-order valence-electron chi connectivity index (χ2n) is 7.24. The van der Waals surface area contributed by atoms with E-state index in [1.807, 2.05) is 30.5 Å². The maximum Gasteiger partial charge on any atom is 0.270 e. The predicted octanol–water partition coefficient (Wildman–Crippen LogP) is 5.97. The van der Waals surface area contributed by atoms with Crippen LogP contribution in [0.15, 0.2) is 51.5 Å². The summed E-state index contributed by atoms with van der Waals surface area (Å²) in [6, 6.07) is 8.92. The number of hydrogen-bond donors (Lipinski definition) is 1. The highest BCUT2D eigenvalue weighted by molar-refractivity contribution is 7.98. The maximum atomic E-state index is 12.2. The molecular formula is C21H19Cl2N5O2S2. The van der Waals surface area contributed by atoms with Gasteiger partial charge in [-0.2, -0.15) is 0 Å². The standard InChI is InChI=1S/C21H19Cl2N5O2S2/c1-12(2)9-24-20(29)16-10-31-18(25-16)11-32-21-27-26-19(17-4-3-7-30-17)28(21)13-5-6-14(22)15(23)8-13/h3-8,10,12H,9,11H2,1-2H3,(H,24,29). The van der Waals surface area contributed by atoms with Crippen LogP contribution in [-0.2, 0) is 5.75 Å². The Balaban J connectivity index is 1.57. The molecule has 3 aromatic heterocycles. The number of benzene rings is 1. The minimum atomic E-state index is -0.162. The number of rotatable bonds is 8. The van der Waals surface area contributed by atoms with E-state index in [1.165, 1.54) is 23.1 Å². The van der Waals surface area contributed by atoms with Crippen LogP contribution >= 0.6 is 46.3 Å². The summed E-state index contributed by atoms with van der Waals surface area (Å²) in [6.07, 6.45) is 1.58. The largest absolute Gasteiger partial charge is 0.461 e. The Morgan fingerprint density at radius 1 is 1.25 bits per heavy atom. The van der Waals surface area contributed by atoms with Gasteiger partial charge in [0.2, 0.25) is 5.82 Å². The number of carbonyl (C=O) groups is 1. The van der Waals surface area contributed by atoms with E-state index < -0.39 is 0 Å². The molecule has 32 heavy (non-hydrogen) atoms. The molecule has 0 saturated heterocycles. The average molecular weight is 508 g/mol. The van der Waals surface area contributed by atoms with E-state index >= 15 is 0 Å². The van der Waals surface area contributed by atoms with Crippen LogP contribution in [0.2, 0.25) is 10.0 Å². The summed E-state index contributed by atoms with van der Waals surface area (Å²) in [5, 5.41) is 15.6. The summed E-state index contributed by atoms with van der Waals surface area (Å²) >= 11 is 15.2. The molecule has 0 spiro atoms. The Morgan fingerprint density at radius 2 is 2.09 bits per heavy atom. The molecule has 4 aromatic rings. The van der Waals surface area contributed by atoms with E-state index in [-0.39, 0.29) is 5.91 Å². The monoisotopic (exact) mass is 507 g/mol.